The van der Waals surface area contributed by atoms with Crippen molar-refractivity contribution >= 4 is 17.9 Å². The Morgan fingerprint density at radius 1 is 0.318 bits per heavy atom. The van der Waals surface area contributed by atoms with Crippen molar-refractivity contribution in [1.82, 2.24) is 0 Å². The van der Waals surface area contributed by atoms with Crippen LogP contribution in [0.4, 0.5) is 0 Å². The molecule has 0 saturated heterocycles. The van der Waals surface area contributed by atoms with Crippen molar-refractivity contribution in [3.8, 4) is 0 Å². The first-order valence-corrected chi connectivity index (χ1v) is 29.8. The number of hydrogen-bond acceptors (Lipinski definition) is 6. The van der Waals surface area contributed by atoms with Crippen molar-refractivity contribution in [2.45, 2.75) is 343 Å². The van der Waals surface area contributed by atoms with Crippen LogP contribution in [0.2, 0.25) is 0 Å². The van der Waals surface area contributed by atoms with E-state index in [1.165, 1.54) is 225 Å². The number of carbonyl (C=O) groups excluding carboxylic acids is 3. The molecule has 0 radical (unpaired) electrons. The molecule has 0 aromatic heterocycles. The molecule has 1 unspecified atom stereocenters. The van der Waals surface area contributed by atoms with Crippen LogP contribution < -0.4 is 0 Å². The molecule has 0 aliphatic rings. The molecule has 0 spiro atoms. The molecule has 392 valence electrons. The number of esters is 3. The van der Waals surface area contributed by atoms with Crippen molar-refractivity contribution in [3.63, 3.8) is 0 Å². The summed E-state index contributed by atoms with van der Waals surface area (Å²) in [5.41, 5.74) is 0. The summed E-state index contributed by atoms with van der Waals surface area (Å²) in [5.74, 6) is 0.862. The molecular weight excluding hydrogens is 817 g/mol. The van der Waals surface area contributed by atoms with Crippen molar-refractivity contribution in [1.29, 1.82) is 0 Å². The molecule has 0 rings (SSSR count). The smallest absolute Gasteiger partial charge is 0.306 e. The van der Waals surface area contributed by atoms with E-state index in [2.05, 4.69) is 34.6 Å². The van der Waals surface area contributed by atoms with Crippen molar-refractivity contribution in [3.05, 3.63) is 0 Å². The number of ether oxygens (including phenoxy) is 3. The Kier molecular flexibility index (Phi) is 51.5. The van der Waals surface area contributed by atoms with Gasteiger partial charge in [-0.2, -0.15) is 0 Å². The summed E-state index contributed by atoms with van der Waals surface area (Å²) in [7, 11) is 0. The molecule has 0 fully saturated rings. The maximum atomic E-state index is 12.8. The summed E-state index contributed by atoms with van der Waals surface area (Å²) < 4.78 is 16.9. The van der Waals surface area contributed by atoms with Crippen LogP contribution >= 0.6 is 0 Å². The minimum Gasteiger partial charge on any atom is -0.462 e. The molecule has 0 aromatic rings. The molecule has 0 aliphatic carbocycles. The van der Waals surface area contributed by atoms with Crippen molar-refractivity contribution < 1.29 is 28.6 Å². The third-order valence-corrected chi connectivity index (χ3v) is 14.1. The number of rotatable bonds is 54. The molecule has 0 amide bonds. The van der Waals surface area contributed by atoms with Crippen LogP contribution in [0.3, 0.4) is 0 Å². The van der Waals surface area contributed by atoms with Gasteiger partial charge in [0.15, 0.2) is 6.10 Å². The van der Waals surface area contributed by atoms with E-state index in [9.17, 15) is 14.4 Å². The number of unbranched alkanes of at least 4 members (excludes halogenated alkanes) is 38. The largest absolute Gasteiger partial charge is 0.462 e. The Bertz CT molecular complexity index is 1010. The average molecular weight is 934 g/mol. The minimum atomic E-state index is -0.763. The number of carbonyl (C=O) groups is 3. The summed E-state index contributed by atoms with van der Waals surface area (Å²) in [6.45, 7) is 11.4. The van der Waals surface area contributed by atoms with E-state index < -0.39 is 6.10 Å². The van der Waals surface area contributed by atoms with E-state index in [-0.39, 0.29) is 31.1 Å². The fraction of sp³-hybridized carbons (Fsp3) is 0.950. The predicted octanol–water partition coefficient (Wildman–Crippen LogP) is 19.7. The highest BCUT2D eigenvalue weighted by molar-refractivity contribution is 5.71. The van der Waals surface area contributed by atoms with Gasteiger partial charge in [-0.05, 0) is 31.1 Å². The van der Waals surface area contributed by atoms with E-state index in [0.717, 1.165) is 69.6 Å². The molecule has 0 aromatic carbocycles. The Labute approximate surface area is 412 Å². The van der Waals surface area contributed by atoms with Gasteiger partial charge in [-0.15, -0.1) is 0 Å². The average Bonchev–Trinajstić information content (AvgIpc) is 3.30. The molecular formula is C60H116O6. The first-order valence-electron chi connectivity index (χ1n) is 29.8. The van der Waals surface area contributed by atoms with Gasteiger partial charge in [0, 0.05) is 19.3 Å². The van der Waals surface area contributed by atoms with Gasteiger partial charge in [0.25, 0.3) is 0 Å². The molecule has 0 bridgehead atoms. The maximum Gasteiger partial charge on any atom is 0.306 e. The third kappa shape index (κ3) is 51.8. The first-order chi connectivity index (χ1) is 32.3. The molecule has 6 nitrogen and oxygen atoms in total. The normalized spacial score (nSPS) is 12.5. The highest BCUT2D eigenvalue weighted by atomic mass is 16.6. The molecule has 0 saturated carbocycles. The second-order valence-corrected chi connectivity index (χ2v) is 21.4. The van der Waals surface area contributed by atoms with E-state index in [0.29, 0.717) is 19.3 Å². The Morgan fingerprint density at radius 3 is 0.864 bits per heavy atom. The lowest BCUT2D eigenvalue weighted by Crippen LogP contribution is -2.30. The Balaban J connectivity index is 4.25. The van der Waals surface area contributed by atoms with Gasteiger partial charge in [0.05, 0.1) is 0 Å². The standard InChI is InChI=1S/C60H116O6/c1-6-8-9-10-11-12-13-14-15-16-17-18-22-25-30-35-40-45-50-58(61)64-53-57(66-60(63)52-47-42-37-32-27-28-33-38-43-48-55(3)4)54-65-59(62)51-46-41-36-31-26-23-20-19-21-24-29-34-39-44-49-56(5)7-2/h55-57H,6-54H2,1-5H3/t56?,57-/m0/s1. The summed E-state index contributed by atoms with van der Waals surface area (Å²) >= 11 is 0. The second-order valence-electron chi connectivity index (χ2n) is 21.4. The lowest BCUT2D eigenvalue weighted by atomic mass is 9.99. The molecule has 2 atom stereocenters. The van der Waals surface area contributed by atoms with Crippen LogP contribution in [0.25, 0.3) is 0 Å². The Hall–Kier alpha value is -1.59. The summed E-state index contributed by atoms with van der Waals surface area (Å²) in [4.78, 5) is 38.2. The van der Waals surface area contributed by atoms with Crippen LogP contribution in [0.1, 0.15) is 336 Å². The Morgan fingerprint density at radius 2 is 0.576 bits per heavy atom. The quantitative estimate of drug-likeness (QED) is 0.0343. The first kappa shape index (κ1) is 64.4. The second kappa shape index (κ2) is 52.8. The molecule has 0 aliphatic heterocycles. The van der Waals surface area contributed by atoms with Gasteiger partial charge < -0.3 is 14.2 Å². The van der Waals surface area contributed by atoms with Crippen LogP contribution in [0.15, 0.2) is 0 Å². The minimum absolute atomic E-state index is 0.0629. The third-order valence-electron chi connectivity index (χ3n) is 14.1. The lowest BCUT2D eigenvalue weighted by Gasteiger charge is -2.18. The highest BCUT2D eigenvalue weighted by Crippen LogP contribution is 2.19. The van der Waals surface area contributed by atoms with E-state index >= 15 is 0 Å². The van der Waals surface area contributed by atoms with Gasteiger partial charge in [-0.3, -0.25) is 14.4 Å². The fourth-order valence-electron chi connectivity index (χ4n) is 9.20. The van der Waals surface area contributed by atoms with E-state index in [4.69, 9.17) is 14.2 Å². The molecule has 6 heteroatoms. The zero-order valence-corrected chi connectivity index (χ0v) is 45.3. The van der Waals surface area contributed by atoms with Crippen LogP contribution in [-0.2, 0) is 28.6 Å². The number of hydrogen-bond donors (Lipinski definition) is 0. The molecule has 0 N–H and O–H groups in total. The highest BCUT2D eigenvalue weighted by Gasteiger charge is 2.19. The van der Waals surface area contributed by atoms with E-state index in [1.54, 1.807) is 0 Å². The molecule has 0 heterocycles. The van der Waals surface area contributed by atoms with E-state index in [1.807, 2.05) is 0 Å². The summed E-state index contributed by atoms with van der Waals surface area (Å²) in [6, 6.07) is 0. The van der Waals surface area contributed by atoms with Crippen molar-refractivity contribution in [2.75, 3.05) is 13.2 Å². The summed E-state index contributed by atoms with van der Waals surface area (Å²) in [5, 5.41) is 0. The predicted molar refractivity (Wildman–Crippen MR) is 284 cm³/mol. The van der Waals surface area contributed by atoms with Gasteiger partial charge in [0.1, 0.15) is 13.2 Å². The topological polar surface area (TPSA) is 78.9 Å². The summed E-state index contributed by atoms with van der Waals surface area (Å²) in [6.07, 6.45) is 56.6. The zero-order valence-electron chi connectivity index (χ0n) is 45.3. The zero-order chi connectivity index (χ0) is 48.2. The SMILES string of the molecule is CCCCCCCCCCCCCCCCCCCCC(=O)OC[C@@H](COC(=O)CCCCCCCCCCCCCCCCC(C)CC)OC(=O)CCCCCCCCCCCC(C)C. The van der Waals surface area contributed by atoms with Gasteiger partial charge in [-0.1, -0.05) is 298 Å². The van der Waals surface area contributed by atoms with Gasteiger partial charge in [-0.25, -0.2) is 0 Å². The molecule has 66 heavy (non-hydrogen) atoms. The van der Waals surface area contributed by atoms with Gasteiger partial charge >= 0.3 is 17.9 Å². The maximum absolute atomic E-state index is 12.8. The lowest BCUT2D eigenvalue weighted by molar-refractivity contribution is -0.167. The van der Waals surface area contributed by atoms with Crippen molar-refractivity contribution in [2.24, 2.45) is 11.8 Å². The van der Waals surface area contributed by atoms with Crippen LogP contribution in [0.5, 0.6) is 0 Å². The van der Waals surface area contributed by atoms with Crippen LogP contribution in [-0.4, -0.2) is 37.2 Å². The van der Waals surface area contributed by atoms with Gasteiger partial charge in [0.2, 0.25) is 0 Å². The van der Waals surface area contributed by atoms with Crippen LogP contribution in [0, 0.1) is 11.8 Å². The fourth-order valence-corrected chi connectivity index (χ4v) is 9.20. The monoisotopic (exact) mass is 933 g/mol.